The van der Waals surface area contributed by atoms with Crippen LogP contribution in [0.3, 0.4) is 0 Å². The lowest BCUT2D eigenvalue weighted by Gasteiger charge is -2.07. The molecule has 0 radical (unpaired) electrons. The molecule has 9 heteroatoms. The zero-order chi connectivity index (χ0) is 13.9. The van der Waals surface area contributed by atoms with Crippen LogP contribution >= 0.6 is 0 Å². The standard InChI is InChI=1S/C10H13N5O3S/c1-18-7-6-15-9(8-4-2-3-5-12-8)13-14-10(15)19(11,16)17/h2-5H,6-7H2,1H3,(H2,11,16,17). The third-order valence-corrected chi connectivity index (χ3v) is 3.20. The Morgan fingerprint density at radius 2 is 2.16 bits per heavy atom. The molecule has 0 aliphatic rings. The van der Waals surface area contributed by atoms with Gasteiger partial charge in [0.05, 0.1) is 13.2 Å². The van der Waals surface area contributed by atoms with Crippen molar-refractivity contribution in [2.24, 2.45) is 5.14 Å². The number of rotatable bonds is 5. The van der Waals surface area contributed by atoms with E-state index in [2.05, 4.69) is 15.2 Å². The Kier molecular flexibility index (Phi) is 3.88. The van der Waals surface area contributed by atoms with Crippen LogP contribution in [0.5, 0.6) is 0 Å². The molecule has 8 nitrogen and oxygen atoms in total. The Bertz CT molecular complexity index is 653. The Morgan fingerprint density at radius 1 is 1.37 bits per heavy atom. The molecule has 0 fully saturated rings. The summed E-state index contributed by atoms with van der Waals surface area (Å²) in [5.41, 5.74) is 0.515. The van der Waals surface area contributed by atoms with E-state index in [1.54, 1.807) is 24.4 Å². The van der Waals surface area contributed by atoms with Gasteiger partial charge in [0.2, 0.25) is 0 Å². The molecule has 2 aromatic rings. The number of nitrogens with zero attached hydrogens (tertiary/aromatic N) is 4. The van der Waals surface area contributed by atoms with Crippen molar-refractivity contribution >= 4 is 10.0 Å². The van der Waals surface area contributed by atoms with Gasteiger partial charge in [0.15, 0.2) is 5.82 Å². The Hall–Kier alpha value is -1.84. The van der Waals surface area contributed by atoms with Crippen molar-refractivity contribution in [2.75, 3.05) is 13.7 Å². The minimum Gasteiger partial charge on any atom is -0.383 e. The summed E-state index contributed by atoms with van der Waals surface area (Å²) in [4.78, 5) is 4.11. The van der Waals surface area contributed by atoms with Gasteiger partial charge >= 0.3 is 0 Å². The maximum absolute atomic E-state index is 11.5. The van der Waals surface area contributed by atoms with E-state index in [-0.39, 0.29) is 11.7 Å². The summed E-state index contributed by atoms with van der Waals surface area (Å²) in [5, 5.41) is 12.3. The van der Waals surface area contributed by atoms with Crippen LogP contribution in [0.4, 0.5) is 0 Å². The lowest BCUT2D eigenvalue weighted by Crippen LogP contribution is -2.20. The number of sulfonamides is 1. The first-order valence-corrected chi connectivity index (χ1v) is 6.95. The van der Waals surface area contributed by atoms with Crippen LogP contribution in [-0.2, 0) is 21.3 Å². The van der Waals surface area contributed by atoms with Gasteiger partial charge in [-0.2, -0.15) is 0 Å². The van der Waals surface area contributed by atoms with Crippen LogP contribution in [0.15, 0.2) is 29.6 Å². The summed E-state index contributed by atoms with van der Waals surface area (Å²) >= 11 is 0. The van der Waals surface area contributed by atoms with Crippen molar-refractivity contribution < 1.29 is 13.2 Å². The van der Waals surface area contributed by atoms with Crippen molar-refractivity contribution in [2.45, 2.75) is 11.7 Å². The topological polar surface area (TPSA) is 113 Å². The lowest BCUT2D eigenvalue weighted by atomic mass is 10.3. The van der Waals surface area contributed by atoms with E-state index in [0.717, 1.165) is 0 Å². The van der Waals surface area contributed by atoms with E-state index in [4.69, 9.17) is 9.88 Å². The monoisotopic (exact) mass is 283 g/mol. The second kappa shape index (κ2) is 5.43. The Balaban J connectivity index is 2.53. The number of primary sulfonamides is 1. The average molecular weight is 283 g/mol. The Morgan fingerprint density at radius 3 is 2.74 bits per heavy atom. The predicted molar refractivity (Wildman–Crippen MR) is 66.5 cm³/mol. The first kappa shape index (κ1) is 13.6. The Labute approximate surface area is 110 Å². The van der Waals surface area contributed by atoms with Gasteiger partial charge in [-0.1, -0.05) is 6.07 Å². The SMILES string of the molecule is COCCn1c(-c2ccccn2)nnc1S(N)(=O)=O. The molecule has 0 amide bonds. The quantitative estimate of drug-likeness (QED) is 0.801. The maximum Gasteiger partial charge on any atom is 0.273 e. The van der Waals surface area contributed by atoms with Crippen molar-refractivity contribution in [1.82, 2.24) is 19.7 Å². The van der Waals surface area contributed by atoms with Gasteiger partial charge in [-0.15, -0.1) is 10.2 Å². The molecule has 2 aromatic heterocycles. The molecule has 0 aliphatic heterocycles. The number of hydrogen-bond donors (Lipinski definition) is 1. The van der Waals surface area contributed by atoms with Gasteiger partial charge < -0.3 is 4.74 Å². The van der Waals surface area contributed by atoms with Gasteiger partial charge in [-0.05, 0) is 12.1 Å². The highest BCUT2D eigenvalue weighted by molar-refractivity contribution is 7.89. The second-order valence-corrected chi connectivity index (χ2v) is 5.17. The number of hydrogen-bond acceptors (Lipinski definition) is 6. The highest BCUT2D eigenvalue weighted by Crippen LogP contribution is 2.17. The van der Waals surface area contributed by atoms with Gasteiger partial charge in [-0.25, -0.2) is 13.6 Å². The fraction of sp³-hybridized carbons (Fsp3) is 0.300. The van der Waals surface area contributed by atoms with Crippen molar-refractivity contribution in [3.05, 3.63) is 24.4 Å². The molecule has 0 bridgehead atoms. The normalized spacial score (nSPS) is 11.7. The van der Waals surface area contributed by atoms with Crippen LogP contribution in [0.1, 0.15) is 0 Å². The number of methoxy groups -OCH3 is 1. The molecule has 0 spiro atoms. The summed E-state index contributed by atoms with van der Waals surface area (Å²) in [7, 11) is -2.43. The second-order valence-electron chi connectivity index (χ2n) is 3.71. The van der Waals surface area contributed by atoms with E-state index in [0.29, 0.717) is 18.1 Å². The number of aromatic nitrogens is 4. The fourth-order valence-corrected chi connectivity index (χ4v) is 2.21. The number of nitrogens with two attached hydrogens (primary N) is 1. The minimum atomic E-state index is -3.95. The molecular formula is C10H13N5O3S. The van der Waals surface area contributed by atoms with Crippen LogP contribution in [0, 0.1) is 0 Å². The van der Waals surface area contributed by atoms with Gasteiger partial charge in [-0.3, -0.25) is 9.55 Å². The summed E-state index contributed by atoms with van der Waals surface area (Å²) in [6, 6.07) is 5.23. The molecule has 0 aromatic carbocycles. The van der Waals surface area contributed by atoms with Gasteiger partial charge in [0.1, 0.15) is 5.69 Å². The molecule has 0 aliphatic carbocycles. The minimum absolute atomic E-state index is 0.265. The van der Waals surface area contributed by atoms with Crippen molar-refractivity contribution in [1.29, 1.82) is 0 Å². The average Bonchev–Trinajstić information content (AvgIpc) is 2.81. The van der Waals surface area contributed by atoms with E-state index in [1.165, 1.54) is 11.7 Å². The van der Waals surface area contributed by atoms with E-state index >= 15 is 0 Å². The van der Waals surface area contributed by atoms with E-state index < -0.39 is 10.0 Å². The van der Waals surface area contributed by atoms with E-state index in [9.17, 15) is 8.42 Å². The highest BCUT2D eigenvalue weighted by Gasteiger charge is 2.22. The molecule has 0 saturated heterocycles. The third-order valence-electron chi connectivity index (χ3n) is 2.38. The van der Waals surface area contributed by atoms with Gasteiger partial charge in [0, 0.05) is 13.3 Å². The fourth-order valence-electron chi connectivity index (χ4n) is 1.57. The maximum atomic E-state index is 11.5. The van der Waals surface area contributed by atoms with E-state index in [1.807, 2.05) is 0 Å². The first-order chi connectivity index (χ1) is 9.04. The molecule has 19 heavy (non-hydrogen) atoms. The zero-order valence-electron chi connectivity index (χ0n) is 10.2. The number of ether oxygens (including phenoxy) is 1. The van der Waals surface area contributed by atoms with Crippen LogP contribution in [0.2, 0.25) is 0 Å². The lowest BCUT2D eigenvalue weighted by molar-refractivity contribution is 0.185. The molecule has 0 atom stereocenters. The largest absolute Gasteiger partial charge is 0.383 e. The van der Waals surface area contributed by atoms with Crippen LogP contribution < -0.4 is 5.14 Å². The summed E-state index contributed by atoms with van der Waals surface area (Å²) in [5.74, 6) is 0.335. The third kappa shape index (κ3) is 2.95. The van der Waals surface area contributed by atoms with Crippen molar-refractivity contribution in [3.63, 3.8) is 0 Å². The molecule has 2 N–H and O–H groups in total. The van der Waals surface area contributed by atoms with Crippen LogP contribution in [0.25, 0.3) is 11.5 Å². The molecule has 2 heterocycles. The van der Waals surface area contributed by atoms with Crippen LogP contribution in [-0.4, -0.2) is 41.9 Å². The van der Waals surface area contributed by atoms with Gasteiger partial charge in [0.25, 0.3) is 15.2 Å². The first-order valence-electron chi connectivity index (χ1n) is 5.40. The molecule has 102 valence electrons. The molecule has 0 saturated carbocycles. The molecule has 2 rings (SSSR count). The smallest absolute Gasteiger partial charge is 0.273 e. The predicted octanol–water partition coefficient (Wildman–Crippen LogP) is -0.366. The summed E-state index contributed by atoms with van der Waals surface area (Å²) < 4.78 is 29.2. The highest BCUT2D eigenvalue weighted by atomic mass is 32.2. The summed E-state index contributed by atoms with van der Waals surface area (Å²) in [6.07, 6.45) is 1.58. The van der Waals surface area contributed by atoms with Crippen molar-refractivity contribution in [3.8, 4) is 11.5 Å². The molecular weight excluding hydrogens is 270 g/mol. The zero-order valence-corrected chi connectivity index (χ0v) is 11.0. The number of pyridine rings is 1. The summed E-state index contributed by atoms with van der Waals surface area (Å²) in [6.45, 7) is 0.571. The molecule has 0 unspecified atom stereocenters.